The third kappa shape index (κ3) is 4.51. The molecule has 1 aromatic carbocycles. The van der Waals surface area contributed by atoms with Crippen molar-refractivity contribution in [1.82, 2.24) is 35.2 Å². The first-order valence-corrected chi connectivity index (χ1v) is 10.6. The van der Waals surface area contributed by atoms with Gasteiger partial charge in [0.05, 0.1) is 11.1 Å². The van der Waals surface area contributed by atoms with Crippen LogP contribution in [-0.2, 0) is 7.05 Å². The van der Waals surface area contributed by atoms with Crippen LogP contribution < -0.4 is 0 Å². The molecule has 13 heteroatoms. The highest BCUT2D eigenvalue weighted by atomic mass is 32.2. The first kappa shape index (κ1) is 20.5. The first-order valence-electron chi connectivity index (χ1n) is 8.59. The molecule has 8 nitrogen and oxygen atoms in total. The van der Waals surface area contributed by atoms with Crippen molar-refractivity contribution in [3.8, 4) is 22.8 Å². The van der Waals surface area contributed by atoms with Gasteiger partial charge in [-0.1, -0.05) is 35.7 Å². The van der Waals surface area contributed by atoms with Crippen molar-refractivity contribution in [3.05, 3.63) is 42.0 Å². The predicted molar refractivity (Wildman–Crippen MR) is 105 cm³/mol. The molecule has 30 heavy (non-hydrogen) atoms. The number of hydrogen-bond acceptors (Lipinski definition) is 8. The summed E-state index contributed by atoms with van der Waals surface area (Å²) < 4.78 is 46.7. The Balaban J connectivity index is 1.32. The lowest BCUT2D eigenvalue weighted by Gasteiger charge is -1.97. The van der Waals surface area contributed by atoms with Crippen molar-refractivity contribution in [2.75, 3.05) is 11.5 Å². The molecule has 4 rings (SSSR count). The van der Waals surface area contributed by atoms with Crippen molar-refractivity contribution in [3.63, 3.8) is 0 Å². The number of nitrogens with zero attached hydrogens (tertiary/aromatic N) is 6. The number of halogens is 3. The van der Waals surface area contributed by atoms with Gasteiger partial charge >= 0.3 is 0 Å². The van der Waals surface area contributed by atoms with Crippen LogP contribution in [0, 0.1) is 5.82 Å². The number of aromatic nitrogens is 7. The van der Waals surface area contributed by atoms with Gasteiger partial charge in [-0.25, -0.2) is 18.2 Å². The summed E-state index contributed by atoms with van der Waals surface area (Å²) in [4.78, 5) is 4.27. The highest BCUT2D eigenvalue weighted by Gasteiger charge is 2.23. The molecule has 0 saturated heterocycles. The van der Waals surface area contributed by atoms with Crippen LogP contribution in [0.15, 0.2) is 45.3 Å². The molecule has 0 bridgehead atoms. The van der Waals surface area contributed by atoms with Crippen LogP contribution >= 0.6 is 23.5 Å². The summed E-state index contributed by atoms with van der Waals surface area (Å²) >= 11 is 2.66. The van der Waals surface area contributed by atoms with Gasteiger partial charge in [-0.3, -0.25) is 9.78 Å². The van der Waals surface area contributed by atoms with E-state index < -0.39 is 12.1 Å². The van der Waals surface area contributed by atoms with E-state index in [1.165, 1.54) is 40.5 Å². The third-order valence-corrected chi connectivity index (χ3v) is 5.76. The van der Waals surface area contributed by atoms with Gasteiger partial charge < -0.3 is 4.42 Å². The van der Waals surface area contributed by atoms with Crippen LogP contribution in [0.3, 0.4) is 0 Å². The Labute approximate surface area is 176 Å². The molecule has 3 aromatic heterocycles. The number of hydrogen-bond donors (Lipinski definition) is 1. The van der Waals surface area contributed by atoms with E-state index in [0.717, 1.165) is 0 Å². The summed E-state index contributed by atoms with van der Waals surface area (Å²) in [5.74, 6) is 1.18. The summed E-state index contributed by atoms with van der Waals surface area (Å²) in [6.45, 7) is 0. The zero-order valence-electron chi connectivity index (χ0n) is 15.4. The molecule has 0 unspecified atom stereocenters. The number of rotatable bonds is 8. The second kappa shape index (κ2) is 8.92. The SMILES string of the molecule is Cn1cc(-c2nnc(SCCSc3n[nH]c(-c4ccccc4F)n3)o2)c(C(F)F)n1. The molecular weight excluding hydrogens is 439 g/mol. The van der Waals surface area contributed by atoms with E-state index in [0.29, 0.717) is 28.0 Å². The van der Waals surface area contributed by atoms with E-state index in [2.05, 4.69) is 30.5 Å². The van der Waals surface area contributed by atoms with E-state index >= 15 is 0 Å². The minimum atomic E-state index is -2.74. The highest BCUT2D eigenvalue weighted by molar-refractivity contribution is 8.02. The topological polar surface area (TPSA) is 98.3 Å². The van der Waals surface area contributed by atoms with Crippen LogP contribution in [0.5, 0.6) is 0 Å². The number of aromatic amines is 1. The zero-order valence-corrected chi connectivity index (χ0v) is 17.1. The largest absolute Gasteiger partial charge is 0.411 e. The van der Waals surface area contributed by atoms with Crippen molar-refractivity contribution in [2.24, 2.45) is 7.05 Å². The van der Waals surface area contributed by atoms with Gasteiger partial charge in [-0.2, -0.15) is 5.10 Å². The van der Waals surface area contributed by atoms with E-state index in [1.54, 1.807) is 25.2 Å². The van der Waals surface area contributed by atoms with E-state index in [4.69, 9.17) is 4.42 Å². The number of H-pyrrole nitrogens is 1. The molecule has 0 atom stereocenters. The molecule has 0 radical (unpaired) electrons. The van der Waals surface area contributed by atoms with Gasteiger partial charge in [0, 0.05) is 24.8 Å². The Morgan fingerprint density at radius 1 is 1.13 bits per heavy atom. The van der Waals surface area contributed by atoms with Crippen molar-refractivity contribution in [2.45, 2.75) is 16.8 Å². The Kier molecular flexibility index (Phi) is 6.08. The number of aryl methyl sites for hydroxylation is 1. The first-order chi connectivity index (χ1) is 14.5. The summed E-state index contributed by atoms with van der Waals surface area (Å²) in [6, 6.07) is 6.30. The number of nitrogens with one attached hydrogen (secondary N) is 1. The van der Waals surface area contributed by atoms with Crippen LogP contribution in [-0.4, -0.2) is 46.7 Å². The zero-order chi connectivity index (χ0) is 21.1. The fourth-order valence-corrected chi connectivity index (χ4v) is 4.08. The highest BCUT2D eigenvalue weighted by Crippen LogP contribution is 2.31. The average Bonchev–Trinajstić information content (AvgIpc) is 3.45. The second-order valence-corrected chi connectivity index (χ2v) is 8.03. The monoisotopic (exact) mass is 453 g/mol. The summed E-state index contributed by atoms with van der Waals surface area (Å²) in [6.07, 6.45) is -1.33. The molecule has 0 fully saturated rings. The second-order valence-electron chi connectivity index (χ2n) is 5.92. The molecule has 0 aliphatic carbocycles. The van der Waals surface area contributed by atoms with Crippen LogP contribution in [0.25, 0.3) is 22.8 Å². The lowest BCUT2D eigenvalue weighted by molar-refractivity contribution is 0.145. The average molecular weight is 453 g/mol. The van der Waals surface area contributed by atoms with Gasteiger partial charge in [-0.15, -0.1) is 15.3 Å². The van der Waals surface area contributed by atoms with Crippen molar-refractivity contribution in [1.29, 1.82) is 0 Å². The number of benzene rings is 1. The number of thioether (sulfide) groups is 2. The van der Waals surface area contributed by atoms with Crippen LogP contribution in [0.4, 0.5) is 13.2 Å². The molecule has 156 valence electrons. The fraction of sp³-hybridized carbons (Fsp3) is 0.235. The summed E-state index contributed by atoms with van der Waals surface area (Å²) in [7, 11) is 1.54. The van der Waals surface area contributed by atoms with E-state index in [1.807, 2.05) is 0 Å². The van der Waals surface area contributed by atoms with Gasteiger partial charge in [0.15, 0.2) is 5.82 Å². The standard InChI is InChI=1S/C17H14F3N7OS2/c1-27-8-10(12(26-27)13(19)20)15-23-25-17(28-15)30-7-6-29-16-21-14(22-24-16)9-4-2-3-5-11(9)18/h2-5,8,13H,6-7H2,1H3,(H,21,22,24). The van der Waals surface area contributed by atoms with Crippen LogP contribution in [0.2, 0.25) is 0 Å². The molecule has 4 aromatic rings. The molecule has 0 amide bonds. The minimum absolute atomic E-state index is 0.00273. The maximum absolute atomic E-state index is 13.8. The fourth-order valence-electron chi connectivity index (χ4n) is 2.56. The maximum atomic E-state index is 13.8. The van der Waals surface area contributed by atoms with Gasteiger partial charge in [-0.05, 0) is 12.1 Å². The molecule has 3 heterocycles. The Hall–Kier alpha value is -2.80. The molecule has 0 saturated carbocycles. The maximum Gasteiger partial charge on any atom is 0.282 e. The van der Waals surface area contributed by atoms with E-state index in [-0.39, 0.29) is 22.5 Å². The molecule has 1 N–H and O–H groups in total. The van der Waals surface area contributed by atoms with Gasteiger partial charge in [0.1, 0.15) is 11.5 Å². The van der Waals surface area contributed by atoms with Crippen molar-refractivity contribution >= 4 is 23.5 Å². The third-order valence-electron chi connectivity index (χ3n) is 3.83. The normalized spacial score (nSPS) is 11.5. The Morgan fingerprint density at radius 3 is 2.73 bits per heavy atom. The van der Waals surface area contributed by atoms with Crippen LogP contribution in [0.1, 0.15) is 12.1 Å². The molecular formula is C17H14F3N7OS2. The number of alkyl halides is 2. The molecule has 0 aliphatic heterocycles. The lowest BCUT2D eigenvalue weighted by atomic mass is 10.2. The van der Waals surface area contributed by atoms with E-state index in [9.17, 15) is 13.2 Å². The van der Waals surface area contributed by atoms with Gasteiger partial charge in [0.25, 0.3) is 17.5 Å². The Bertz CT molecular complexity index is 1140. The van der Waals surface area contributed by atoms with Gasteiger partial charge in [0.2, 0.25) is 5.16 Å². The molecule has 0 spiro atoms. The summed E-state index contributed by atoms with van der Waals surface area (Å²) in [5, 5.41) is 19.0. The predicted octanol–water partition coefficient (Wildman–Crippen LogP) is 4.22. The smallest absolute Gasteiger partial charge is 0.282 e. The van der Waals surface area contributed by atoms with Crippen molar-refractivity contribution < 1.29 is 17.6 Å². The molecule has 0 aliphatic rings. The Morgan fingerprint density at radius 2 is 1.93 bits per heavy atom. The minimum Gasteiger partial charge on any atom is -0.411 e. The quantitative estimate of drug-likeness (QED) is 0.313. The lowest BCUT2D eigenvalue weighted by Crippen LogP contribution is -1.91. The summed E-state index contributed by atoms with van der Waals surface area (Å²) in [5.41, 5.74) is 0.0642.